The maximum Gasteiger partial charge on any atom is 0.303 e. The van der Waals surface area contributed by atoms with Gasteiger partial charge in [-0.15, -0.1) is 0 Å². The molecule has 0 aromatic heterocycles. The third-order valence-electron chi connectivity index (χ3n) is 2.42. The Morgan fingerprint density at radius 2 is 2.22 bits per heavy atom. The quantitative estimate of drug-likeness (QED) is 0.817. The topological polar surface area (TPSA) is 72.5 Å². The maximum atomic E-state index is 13.9. The van der Waals surface area contributed by atoms with Crippen LogP contribution >= 0.6 is 15.9 Å². The smallest absolute Gasteiger partial charge is 0.303 e. The summed E-state index contributed by atoms with van der Waals surface area (Å²) >= 11 is 2.94. The summed E-state index contributed by atoms with van der Waals surface area (Å²) in [5.41, 5.74) is 5.26. The number of benzene rings is 1. The minimum Gasteiger partial charge on any atom is -0.495 e. The van der Waals surface area contributed by atoms with E-state index < -0.39 is 23.6 Å². The second-order valence-corrected chi connectivity index (χ2v) is 4.43. The first-order chi connectivity index (χ1) is 8.38. The highest BCUT2D eigenvalue weighted by Gasteiger charge is 2.22. The van der Waals surface area contributed by atoms with Crippen molar-refractivity contribution in [1.82, 2.24) is 0 Å². The molecule has 0 fully saturated rings. The van der Waals surface area contributed by atoms with Crippen molar-refractivity contribution in [1.29, 1.82) is 0 Å². The molecule has 1 atom stereocenters. The van der Waals surface area contributed by atoms with Gasteiger partial charge in [0.1, 0.15) is 17.4 Å². The highest BCUT2D eigenvalue weighted by atomic mass is 79.9. The second-order valence-electron chi connectivity index (χ2n) is 3.64. The van der Waals surface area contributed by atoms with Crippen molar-refractivity contribution < 1.29 is 23.4 Å². The molecule has 0 aliphatic rings. The van der Waals surface area contributed by atoms with E-state index >= 15 is 0 Å². The second kappa shape index (κ2) is 6.10. The van der Waals surface area contributed by atoms with E-state index in [4.69, 9.17) is 15.6 Å². The van der Waals surface area contributed by atoms with Gasteiger partial charge in [-0.25, -0.2) is 8.78 Å². The Morgan fingerprint density at radius 1 is 1.61 bits per heavy atom. The standard InChI is InChI=1S/C11H12BrF2NO3/c1-18-7-4-5(13)9(11(14)10(7)12)6(15)2-3-8(16)17/h4,6H,2-3,15H2,1H3,(H,16,17). The van der Waals surface area contributed by atoms with Crippen LogP contribution in [0.5, 0.6) is 5.75 Å². The molecule has 1 aromatic rings. The van der Waals surface area contributed by atoms with Gasteiger partial charge in [-0.2, -0.15) is 0 Å². The molecular weight excluding hydrogens is 312 g/mol. The highest BCUT2D eigenvalue weighted by Crippen LogP contribution is 2.34. The third kappa shape index (κ3) is 3.17. The minimum absolute atomic E-state index is 0.0131. The number of methoxy groups -OCH3 is 1. The van der Waals surface area contributed by atoms with E-state index in [1.165, 1.54) is 7.11 Å². The number of ether oxygens (including phenoxy) is 1. The van der Waals surface area contributed by atoms with Crippen molar-refractivity contribution in [3.63, 3.8) is 0 Å². The van der Waals surface area contributed by atoms with Crippen LogP contribution < -0.4 is 10.5 Å². The average molecular weight is 324 g/mol. The number of nitrogens with two attached hydrogens (primary N) is 1. The van der Waals surface area contributed by atoms with E-state index in [9.17, 15) is 13.6 Å². The summed E-state index contributed by atoms with van der Waals surface area (Å²) in [7, 11) is 1.28. The highest BCUT2D eigenvalue weighted by molar-refractivity contribution is 9.10. The maximum absolute atomic E-state index is 13.9. The van der Waals surface area contributed by atoms with Crippen LogP contribution in [0.25, 0.3) is 0 Å². The fourth-order valence-electron chi connectivity index (χ4n) is 1.50. The van der Waals surface area contributed by atoms with Crippen LogP contribution in [0.4, 0.5) is 8.78 Å². The predicted molar refractivity (Wildman–Crippen MR) is 64.4 cm³/mol. The molecule has 1 aromatic carbocycles. The normalized spacial score (nSPS) is 12.3. The van der Waals surface area contributed by atoms with Gasteiger partial charge in [0.05, 0.1) is 11.6 Å². The molecule has 0 heterocycles. The van der Waals surface area contributed by atoms with Crippen LogP contribution in [0.2, 0.25) is 0 Å². The Balaban J connectivity index is 3.09. The van der Waals surface area contributed by atoms with Crippen molar-refractivity contribution in [2.24, 2.45) is 5.73 Å². The molecule has 1 unspecified atom stereocenters. The molecule has 0 spiro atoms. The van der Waals surface area contributed by atoms with Gasteiger partial charge in [0.2, 0.25) is 0 Å². The van der Waals surface area contributed by atoms with Gasteiger partial charge < -0.3 is 15.6 Å². The fourth-order valence-corrected chi connectivity index (χ4v) is 1.99. The molecule has 18 heavy (non-hydrogen) atoms. The van der Waals surface area contributed by atoms with Crippen LogP contribution in [0.15, 0.2) is 10.5 Å². The first-order valence-electron chi connectivity index (χ1n) is 5.07. The lowest BCUT2D eigenvalue weighted by Gasteiger charge is -2.15. The van der Waals surface area contributed by atoms with E-state index in [1.54, 1.807) is 0 Å². The first kappa shape index (κ1) is 14.8. The zero-order chi connectivity index (χ0) is 13.9. The van der Waals surface area contributed by atoms with Crippen molar-refractivity contribution in [2.45, 2.75) is 18.9 Å². The van der Waals surface area contributed by atoms with E-state index in [0.717, 1.165) is 6.07 Å². The summed E-state index contributed by atoms with van der Waals surface area (Å²) in [5, 5.41) is 8.51. The molecule has 0 bridgehead atoms. The first-order valence-corrected chi connectivity index (χ1v) is 5.86. The monoisotopic (exact) mass is 323 g/mol. The van der Waals surface area contributed by atoms with Crippen LogP contribution in [0, 0.1) is 11.6 Å². The van der Waals surface area contributed by atoms with Crippen molar-refractivity contribution in [3.05, 3.63) is 27.7 Å². The van der Waals surface area contributed by atoms with Crippen molar-refractivity contribution in [2.75, 3.05) is 7.11 Å². The van der Waals surface area contributed by atoms with Gasteiger partial charge in [0.15, 0.2) is 0 Å². The number of hydrogen-bond donors (Lipinski definition) is 2. The zero-order valence-corrected chi connectivity index (χ0v) is 11.1. The number of carboxylic acids is 1. The molecule has 0 aliphatic carbocycles. The number of carboxylic acid groups (broad SMARTS) is 1. The third-order valence-corrected chi connectivity index (χ3v) is 3.16. The van der Waals surface area contributed by atoms with Gasteiger partial charge in [-0.05, 0) is 22.4 Å². The average Bonchev–Trinajstić information content (AvgIpc) is 2.31. The molecule has 1 rings (SSSR count). The minimum atomic E-state index is -1.07. The van der Waals surface area contributed by atoms with E-state index in [-0.39, 0.29) is 28.6 Å². The molecule has 100 valence electrons. The van der Waals surface area contributed by atoms with Crippen LogP contribution in [0.1, 0.15) is 24.4 Å². The van der Waals surface area contributed by atoms with E-state index in [0.29, 0.717) is 0 Å². The molecule has 0 saturated heterocycles. The Kier molecular flexibility index (Phi) is 5.03. The van der Waals surface area contributed by atoms with Crippen LogP contribution in [0.3, 0.4) is 0 Å². The summed E-state index contributed by atoms with van der Waals surface area (Å²) in [6, 6.07) is -0.0216. The molecule has 0 aliphatic heterocycles. The fraction of sp³-hybridized carbons (Fsp3) is 0.364. The lowest BCUT2D eigenvalue weighted by Crippen LogP contribution is -2.16. The number of aliphatic carboxylic acids is 1. The number of halogens is 3. The van der Waals surface area contributed by atoms with Gasteiger partial charge in [-0.3, -0.25) is 4.79 Å². The summed E-state index contributed by atoms with van der Waals surface area (Å²) in [6.07, 6.45) is -0.314. The molecular formula is C11H12BrF2NO3. The molecule has 3 N–H and O–H groups in total. The number of hydrogen-bond acceptors (Lipinski definition) is 3. The Bertz CT molecular complexity index is 468. The van der Waals surface area contributed by atoms with Crippen LogP contribution in [-0.2, 0) is 4.79 Å². The Morgan fingerprint density at radius 3 is 2.72 bits per heavy atom. The molecule has 0 radical (unpaired) electrons. The summed E-state index contributed by atoms with van der Waals surface area (Å²) in [5.74, 6) is -2.78. The lowest BCUT2D eigenvalue weighted by atomic mass is 10.0. The Labute approximate surface area is 111 Å². The Hall–Kier alpha value is -1.21. The van der Waals surface area contributed by atoms with Gasteiger partial charge >= 0.3 is 5.97 Å². The van der Waals surface area contributed by atoms with Gasteiger partial charge in [-0.1, -0.05) is 0 Å². The van der Waals surface area contributed by atoms with Crippen molar-refractivity contribution >= 4 is 21.9 Å². The lowest BCUT2D eigenvalue weighted by molar-refractivity contribution is -0.137. The molecule has 4 nitrogen and oxygen atoms in total. The van der Waals surface area contributed by atoms with Crippen molar-refractivity contribution in [3.8, 4) is 5.75 Å². The zero-order valence-electron chi connectivity index (χ0n) is 9.54. The molecule has 0 saturated carbocycles. The van der Waals surface area contributed by atoms with E-state index in [2.05, 4.69) is 15.9 Å². The largest absolute Gasteiger partial charge is 0.495 e. The molecule has 7 heteroatoms. The van der Waals surface area contributed by atoms with Crippen LogP contribution in [-0.4, -0.2) is 18.2 Å². The number of carbonyl (C=O) groups is 1. The molecule has 0 amide bonds. The number of rotatable bonds is 5. The summed E-state index contributed by atoms with van der Waals surface area (Å²) < 4.78 is 32.3. The van der Waals surface area contributed by atoms with Gasteiger partial charge in [0, 0.05) is 24.1 Å². The summed E-state index contributed by atoms with van der Waals surface area (Å²) in [6.45, 7) is 0. The van der Waals surface area contributed by atoms with E-state index in [1.807, 2.05) is 0 Å². The van der Waals surface area contributed by atoms with Gasteiger partial charge in [0.25, 0.3) is 0 Å². The SMILES string of the molecule is COc1cc(F)c(C(N)CCC(=O)O)c(F)c1Br. The summed E-state index contributed by atoms with van der Waals surface area (Å²) in [4.78, 5) is 10.4. The predicted octanol–water partition coefficient (Wildman–Crippen LogP) is 2.60.